The van der Waals surface area contributed by atoms with Gasteiger partial charge in [0.2, 0.25) is 17.8 Å². The van der Waals surface area contributed by atoms with E-state index >= 15 is 0 Å². The Morgan fingerprint density at radius 1 is 0.947 bits per heavy atom. The second kappa shape index (κ2) is 11.9. The van der Waals surface area contributed by atoms with Gasteiger partial charge in [0.15, 0.2) is 0 Å². The smallest absolute Gasteiger partial charge is 0.269 e. The van der Waals surface area contributed by atoms with Crippen LogP contribution in [-0.2, 0) is 6.54 Å². The zero-order chi connectivity index (χ0) is 26.3. The molecule has 0 amide bonds. The van der Waals surface area contributed by atoms with Gasteiger partial charge in [0.05, 0.1) is 12.0 Å². The lowest BCUT2D eigenvalue weighted by molar-refractivity contribution is -0.384. The average molecular weight is 519 g/mol. The van der Waals surface area contributed by atoms with Crippen molar-refractivity contribution in [2.45, 2.75) is 44.7 Å². The van der Waals surface area contributed by atoms with Crippen LogP contribution in [0.3, 0.4) is 0 Å². The third-order valence-corrected chi connectivity index (χ3v) is 7.13. The first-order valence-electron chi connectivity index (χ1n) is 13.2. The fourth-order valence-electron chi connectivity index (χ4n) is 4.99. The summed E-state index contributed by atoms with van der Waals surface area (Å²) >= 11 is 0. The predicted molar refractivity (Wildman–Crippen MR) is 148 cm³/mol. The lowest BCUT2D eigenvalue weighted by atomic mass is 9.96. The molecule has 0 radical (unpaired) electrons. The van der Waals surface area contributed by atoms with Crippen LogP contribution in [0.25, 0.3) is 0 Å². The molecule has 0 atom stereocenters. The van der Waals surface area contributed by atoms with E-state index in [1.165, 1.54) is 19.3 Å². The lowest BCUT2D eigenvalue weighted by Crippen LogP contribution is -2.47. The first kappa shape index (κ1) is 25.5. The van der Waals surface area contributed by atoms with Gasteiger partial charge in [-0.1, -0.05) is 31.4 Å². The summed E-state index contributed by atoms with van der Waals surface area (Å²) in [5.74, 6) is 2.60. The number of aromatic nitrogens is 3. The van der Waals surface area contributed by atoms with Gasteiger partial charge in [-0.05, 0) is 42.7 Å². The summed E-state index contributed by atoms with van der Waals surface area (Å²) in [4.78, 5) is 29.3. The minimum absolute atomic E-state index is 0.101. The molecular weight excluding hydrogens is 484 g/mol. The van der Waals surface area contributed by atoms with E-state index in [4.69, 9.17) is 19.7 Å². The number of non-ortho nitro benzene ring substituents is 1. The summed E-state index contributed by atoms with van der Waals surface area (Å²) in [6.07, 6.45) is 5.98. The molecule has 2 N–H and O–H groups in total. The second-order valence-corrected chi connectivity index (χ2v) is 9.71. The Labute approximate surface area is 222 Å². The number of methoxy groups -OCH3 is 1. The van der Waals surface area contributed by atoms with E-state index in [9.17, 15) is 10.1 Å². The van der Waals surface area contributed by atoms with Gasteiger partial charge in [-0.3, -0.25) is 10.1 Å². The molecule has 1 saturated carbocycles. The van der Waals surface area contributed by atoms with Crippen LogP contribution >= 0.6 is 0 Å². The molecule has 38 heavy (non-hydrogen) atoms. The first-order valence-corrected chi connectivity index (χ1v) is 13.2. The van der Waals surface area contributed by atoms with Crippen molar-refractivity contribution < 1.29 is 9.66 Å². The molecule has 11 heteroatoms. The summed E-state index contributed by atoms with van der Waals surface area (Å²) in [7, 11) is 1.66. The van der Waals surface area contributed by atoms with Crippen molar-refractivity contribution in [2.24, 2.45) is 0 Å². The van der Waals surface area contributed by atoms with Crippen LogP contribution in [0.1, 0.15) is 37.7 Å². The molecule has 0 spiro atoms. The van der Waals surface area contributed by atoms with E-state index in [0.29, 0.717) is 30.4 Å². The van der Waals surface area contributed by atoms with Gasteiger partial charge < -0.3 is 25.2 Å². The largest absolute Gasteiger partial charge is 0.497 e. The van der Waals surface area contributed by atoms with Gasteiger partial charge in [0, 0.05) is 56.6 Å². The molecule has 0 bridgehead atoms. The van der Waals surface area contributed by atoms with Crippen molar-refractivity contribution in [3.8, 4) is 5.75 Å². The molecular formula is C27H34N8O3. The lowest BCUT2D eigenvalue weighted by Gasteiger charge is -2.36. The van der Waals surface area contributed by atoms with Gasteiger partial charge in [-0.25, -0.2) is 0 Å². The van der Waals surface area contributed by atoms with Gasteiger partial charge >= 0.3 is 0 Å². The van der Waals surface area contributed by atoms with Crippen LogP contribution < -0.4 is 25.2 Å². The van der Waals surface area contributed by atoms with E-state index in [0.717, 1.165) is 56.0 Å². The maximum atomic E-state index is 11.0. The van der Waals surface area contributed by atoms with Crippen LogP contribution in [0.2, 0.25) is 0 Å². The van der Waals surface area contributed by atoms with E-state index < -0.39 is 0 Å². The first-order chi connectivity index (χ1) is 18.6. The number of piperazine rings is 1. The summed E-state index contributed by atoms with van der Waals surface area (Å²) in [6.45, 7) is 3.57. The number of hydrogen-bond acceptors (Lipinski definition) is 10. The van der Waals surface area contributed by atoms with Crippen molar-refractivity contribution in [3.63, 3.8) is 0 Å². The van der Waals surface area contributed by atoms with Crippen LogP contribution in [-0.4, -0.2) is 59.2 Å². The number of nitrogens with zero attached hydrogens (tertiary/aromatic N) is 6. The SMILES string of the molecule is COc1cccc(CNc2nc(NC3CCCCC3)nc(N3CCN(c4ccc([N+](=O)[O-])cc4)CC3)n2)c1. The molecule has 0 unspecified atom stereocenters. The molecule has 1 aromatic heterocycles. The quantitative estimate of drug-likeness (QED) is 0.310. The topological polar surface area (TPSA) is 122 Å². The Bertz CT molecular complexity index is 1230. The third-order valence-electron chi connectivity index (χ3n) is 7.13. The molecule has 1 saturated heterocycles. The Balaban J connectivity index is 1.29. The normalized spacial score (nSPS) is 16.2. The molecule has 2 aliphatic rings. The number of nitro benzene ring substituents is 1. The number of ether oxygens (including phenoxy) is 1. The number of rotatable bonds is 9. The minimum Gasteiger partial charge on any atom is -0.497 e. The van der Waals surface area contributed by atoms with Crippen molar-refractivity contribution in [1.82, 2.24) is 15.0 Å². The van der Waals surface area contributed by atoms with Gasteiger partial charge in [-0.15, -0.1) is 0 Å². The van der Waals surface area contributed by atoms with E-state index in [1.54, 1.807) is 19.2 Å². The standard InChI is InChI=1S/C27H34N8O3/c1-38-24-9-5-6-20(18-24)19-28-25-30-26(29-21-7-3-2-4-8-21)32-27(31-25)34-16-14-33(15-17-34)22-10-12-23(13-11-22)35(36)37/h5-6,9-13,18,21H,2-4,7-8,14-17,19H2,1H3,(H2,28,29,30,31,32). The Hall–Kier alpha value is -4.15. The highest BCUT2D eigenvalue weighted by Crippen LogP contribution is 2.25. The number of benzene rings is 2. The maximum Gasteiger partial charge on any atom is 0.269 e. The van der Waals surface area contributed by atoms with E-state index in [1.807, 2.05) is 36.4 Å². The Morgan fingerprint density at radius 3 is 2.37 bits per heavy atom. The monoisotopic (exact) mass is 518 g/mol. The van der Waals surface area contributed by atoms with Gasteiger partial charge in [-0.2, -0.15) is 15.0 Å². The third kappa shape index (κ3) is 6.39. The summed E-state index contributed by atoms with van der Waals surface area (Å²) < 4.78 is 5.35. The highest BCUT2D eigenvalue weighted by molar-refractivity contribution is 5.53. The molecule has 2 fully saturated rings. The highest BCUT2D eigenvalue weighted by Gasteiger charge is 2.22. The van der Waals surface area contributed by atoms with Gasteiger partial charge in [0.1, 0.15) is 5.75 Å². The maximum absolute atomic E-state index is 11.0. The number of hydrogen-bond donors (Lipinski definition) is 2. The van der Waals surface area contributed by atoms with Crippen LogP contribution in [0, 0.1) is 10.1 Å². The fourth-order valence-corrected chi connectivity index (χ4v) is 4.99. The minimum atomic E-state index is -0.374. The Kier molecular flexibility index (Phi) is 8.01. The number of anilines is 4. The van der Waals surface area contributed by atoms with Crippen LogP contribution in [0.5, 0.6) is 5.75 Å². The van der Waals surface area contributed by atoms with Crippen molar-refractivity contribution in [3.05, 3.63) is 64.2 Å². The number of nitro groups is 1. The molecule has 3 aromatic rings. The molecule has 5 rings (SSSR count). The molecule has 1 aliphatic carbocycles. The molecule has 2 aromatic carbocycles. The van der Waals surface area contributed by atoms with Crippen LogP contribution in [0.4, 0.5) is 29.2 Å². The zero-order valence-electron chi connectivity index (χ0n) is 21.7. The summed E-state index contributed by atoms with van der Waals surface area (Å²) in [5, 5.41) is 17.9. The van der Waals surface area contributed by atoms with Gasteiger partial charge in [0.25, 0.3) is 5.69 Å². The summed E-state index contributed by atoms with van der Waals surface area (Å²) in [6, 6.07) is 15.0. The fraction of sp³-hybridized carbons (Fsp3) is 0.444. The average Bonchev–Trinajstić information content (AvgIpc) is 2.97. The van der Waals surface area contributed by atoms with Crippen molar-refractivity contribution in [1.29, 1.82) is 0 Å². The molecule has 200 valence electrons. The van der Waals surface area contributed by atoms with Crippen LogP contribution in [0.15, 0.2) is 48.5 Å². The molecule has 11 nitrogen and oxygen atoms in total. The second-order valence-electron chi connectivity index (χ2n) is 9.71. The van der Waals surface area contributed by atoms with Crippen molar-refractivity contribution in [2.75, 3.05) is 53.7 Å². The van der Waals surface area contributed by atoms with E-state index in [-0.39, 0.29) is 10.6 Å². The molecule has 1 aliphatic heterocycles. The summed E-state index contributed by atoms with van der Waals surface area (Å²) in [5.41, 5.74) is 2.15. The van der Waals surface area contributed by atoms with E-state index in [2.05, 4.69) is 20.4 Å². The number of nitrogens with one attached hydrogen (secondary N) is 2. The Morgan fingerprint density at radius 2 is 1.66 bits per heavy atom. The highest BCUT2D eigenvalue weighted by atomic mass is 16.6. The predicted octanol–water partition coefficient (Wildman–Crippen LogP) is 4.47. The zero-order valence-corrected chi connectivity index (χ0v) is 21.7. The van der Waals surface area contributed by atoms with Crippen molar-refractivity contribution >= 4 is 29.2 Å². The molecule has 2 heterocycles.